The fourth-order valence-electron chi connectivity index (χ4n) is 2.27. The number of amides is 2. The largest absolute Gasteiger partial charge is 0.383 e. The molecule has 0 fully saturated rings. The maximum absolute atomic E-state index is 12.4. The molecule has 0 radical (unpaired) electrons. The minimum atomic E-state index is -3.69. The monoisotopic (exact) mass is 317 g/mol. The van der Waals surface area contributed by atoms with Crippen LogP contribution in [0.1, 0.15) is 20.7 Å². The first-order valence-electron chi connectivity index (χ1n) is 6.34. The summed E-state index contributed by atoms with van der Waals surface area (Å²) in [6, 6.07) is 12.3. The van der Waals surface area contributed by atoms with Gasteiger partial charge in [-0.15, -0.1) is 0 Å². The highest BCUT2D eigenvalue weighted by Crippen LogP contribution is 2.30. The molecule has 0 saturated carbocycles. The van der Waals surface area contributed by atoms with E-state index in [1.165, 1.54) is 24.3 Å². The van der Waals surface area contributed by atoms with Crippen molar-refractivity contribution in [2.24, 2.45) is 0 Å². The predicted molar refractivity (Wildman–Crippen MR) is 79.5 cm³/mol. The van der Waals surface area contributed by atoms with E-state index < -0.39 is 21.9 Å². The van der Waals surface area contributed by atoms with E-state index in [0.717, 1.165) is 11.2 Å². The number of benzene rings is 2. The van der Waals surface area contributed by atoms with Crippen LogP contribution in [0.25, 0.3) is 0 Å². The molecular weight excluding hydrogens is 306 g/mol. The Morgan fingerprint density at radius 2 is 1.50 bits per heavy atom. The van der Waals surface area contributed by atoms with Gasteiger partial charge in [0.25, 0.3) is 11.8 Å². The van der Waals surface area contributed by atoms with Crippen LogP contribution < -0.4 is 9.08 Å². The molecule has 0 N–H and O–H groups in total. The molecule has 6 nitrogen and oxygen atoms in total. The van der Waals surface area contributed by atoms with E-state index in [1.807, 2.05) is 0 Å². The first kappa shape index (κ1) is 14.3. The van der Waals surface area contributed by atoms with Crippen LogP contribution >= 0.6 is 0 Å². The Hall–Kier alpha value is -2.67. The average Bonchev–Trinajstić information content (AvgIpc) is 2.70. The lowest BCUT2D eigenvalue weighted by atomic mass is 10.1. The first-order valence-corrected chi connectivity index (χ1v) is 8.16. The zero-order chi connectivity index (χ0) is 15.9. The smallest absolute Gasteiger partial charge is 0.306 e. The second-order valence-electron chi connectivity index (χ2n) is 4.78. The van der Waals surface area contributed by atoms with Crippen LogP contribution in [-0.4, -0.2) is 26.5 Å². The normalized spacial score (nSPS) is 14.1. The molecule has 0 unspecified atom stereocenters. The molecule has 0 atom stereocenters. The van der Waals surface area contributed by atoms with Crippen LogP contribution in [0.5, 0.6) is 5.75 Å². The molecule has 0 spiro atoms. The van der Waals surface area contributed by atoms with Gasteiger partial charge in [0.2, 0.25) is 0 Å². The lowest BCUT2D eigenvalue weighted by molar-refractivity contribution is 0.0926. The van der Waals surface area contributed by atoms with Gasteiger partial charge in [-0.1, -0.05) is 18.2 Å². The fraction of sp³-hybridized carbons (Fsp3) is 0.0667. The molecule has 1 heterocycles. The van der Waals surface area contributed by atoms with E-state index in [1.54, 1.807) is 24.3 Å². The van der Waals surface area contributed by atoms with Crippen molar-refractivity contribution >= 4 is 27.6 Å². The summed E-state index contributed by atoms with van der Waals surface area (Å²) in [6.45, 7) is 0. The molecule has 1 aliphatic rings. The highest BCUT2D eigenvalue weighted by atomic mass is 32.2. The molecule has 0 aliphatic carbocycles. The summed E-state index contributed by atoms with van der Waals surface area (Å²) >= 11 is 0. The van der Waals surface area contributed by atoms with Crippen LogP contribution in [0.3, 0.4) is 0 Å². The van der Waals surface area contributed by atoms with E-state index in [-0.39, 0.29) is 11.4 Å². The second kappa shape index (κ2) is 4.96. The van der Waals surface area contributed by atoms with Gasteiger partial charge < -0.3 is 4.18 Å². The molecule has 0 aromatic heterocycles. The van der Waals surface area contributed by atoms with Crippen LogP contribution in [-0.2, 0) is 10.1 Å². The standard InChI is InChI=1S/C15H11NO5S/c1-22(19,20)21-11-6-4-5-10(9-11)16-14(17)12-7-2-3-8-13(12)15(16)18/h2-9H,1H3. The van der Waals surface area contributed by atoms with Gasteiger partial charge in [-0.3, -0.25) is 9.59 Å². The minimum Gasteiger partial charge on any atom is -0.383 e. The first-order chi connectivity index (χ1) is 10.4. The Morgan fingerprint density at radius 1 is 0.909 bits per heavy atom. The number of hydrogen-bond acceptors (Lipinski definition) is 5. The highest BCUT2D eigenvalue weighted by Gasteiger charge is 2.36. The number of anilines is 1. The highest BCUT2D eigenvalue weighted by molar-refractivity contribution is 7.86. The zero-order valence-electron chi connectivity index (χ0n) is 11.5. The third kappa shape index (κ3) is 2.46. The Balaban J connectivity index is 2.01. The second-order valence-corrected chi connectivity index (χ2v) is 6.35. The maximum atomic E-state index is 12.4. The van der Waals surface area contributed by atoms with Gasteiger partial charge >= 0.3 is 10.1 Å². The van der Waals surface area contributed by atoms with Crippen molar-refractivity contribution < 1.29 is 22.2 Å². The maximum Gasteiger partial charge on any atom is 0.306 e. The van der Waals surface area contributed by atoms with Gasteiger partial charge in [-0.05, 0) is 24.3 Å². The molecule has 1 aliphatic heterocycles. The number of carbonyl (C=O) groups excluding carboxylic acids is 2. The molecule has 112 valence electrons. The summed E-state index contributed by atoms with van der Waals surface area (Å²) in [6.07, 6.45) is 0.918. The van der Waals surface area contributed by atoms with Crippen molar-refractivity contribution in [3.05, 3.63) is 59.7 Å². The summed E-state index contributed by atoms with van der Waals surface area (Å²) < 4.78 is 27.1. The number of hydrogen-bond donors (Lipinski definition) is 0. The summed E-state index contributed by atoms with van der Waals surface area (Å²) in [7, 11) is -3.69. The van der Waals surface area contributed by atoms with Crippen molar-refractivity contribution in [2.45, 2.75) is 0 Å². The molecule has 22 heavy (non-hydrogen) atoms. The van der Waals surface area contributed by atoms with Gasteiger partial charge in [0.05, 0.1) is 23.1 Å². The quantitative estimate of drug-likeness (QED) is 0.637. The van der Waals surface area contributed by atoms with E-state index in [4.69, 9.17) is 4.18 Å². The average molecular weight is 317 g/mol. The lowest BCUT2D eigenvalue weighted by Gasteiger charge is -2.14. The van der Waals surface area contributed by atoms with E-state index in [2.05, 4.69) is 0 Å². The zero-order valence-corrected chi connectivity index (χ0v) is 12.3. The number of imide groups is 1. The Kier molecular flexibility index (Phi) is 3.22. The molecule has 2 amide bonds. The number of carbonyl (C=O) groups is 2. The van der Waals surface area contributed by atoms with Crippen molar-refractivity contribution in [3.8, 4) is 5.75 Å². The Bertz CT molecular complexity index is 853. The van der Waals surface area contributed by atoms with Crippen LogP contribution in [0.4, 0.5) is 5.69 Å². The van der Waals surface area contributed by atoms with Crippen molar-refractivity contribution in [2.75, 3.05) is 11.2 Å². The molecule has 0 saturated heterocycles. The van der Waals surface area contributed by atoms with Gasteiger partial charge in [0.15, 0.2) is 0 Å². The van der Waals surface area contributed by atoms with Gasteiger partial charge in [0.1, 0.15) is 5.75 Å². The van der Waals surface area contributed by atoms with E-state index >= 15 is 0 Å². The van der Waals surface area contributed by atoms with E-state index in [0.29, 0.717) is 11.1 Å². The Labute approximate surface area is 127 Å². The fourth-order valence-corrected chi connectivity index (χ4v) is 2.73. The Morgan fingerprint density at radius 3 is 2.05 bits per heavy atom. The summed E-state index contributed by atoms with van der Waals surface area (Å²) in [5.74, 6) is -0.856. The molecule has 7 heteroatoms. The molecule has 2 aromatic rings. The van der Waals surface area contributed by atoms with Gasteiger partial charge in [-0.2, -0.15) is 8.42 Å². The van der Waals surface area contributed by atoms with Crippen LogP contribution in [0.2, 0.25) is 0 Å². The summed E-state index contributed by atoms with van der Waals surface area (Å²) in [4.78, 5) is 25.7. The van der Waals surface area contributed by atoms with Crippen LogP contribution in [0, 0.1) is 0 Å². The predicted octanol–water partition coefficient (Wildman–Crippen LogP) is 1.83. The van der Waals surface area contributed by atoms with Crippen molar-refractivity contribution in [1.82, 2.24) is 0 Å². The minimum absolute atomic E-state index is 0.0385. The van der Waals surface area contributed by atoms with Gasteiger partial charge in [0, 0.05) is 6.07 Å². The molecule has 2 aromatic carbocycles. The molecular formula is C15H11NO5S. The molecule has 0 bridgehead atoms. The van der Waals surface area contributed by atoms with Crippen molar-refractivity contribution in [3.63, 3.8) is 0 Å². The number of rotatable bonds is 3. The third-order valence-corrected chi connectivity index (χ3v) is 3.61. The number of fused-ring (bicyclic) bond motifs is 1. The topological polar surface area (TPSA) is 80.8 Å². The summed E-state index contributed by atoms with van der Waals surface area (Å²) in [5.41, 5.74) is 0.899. The lowest BCUT2D eigenvalue weighted by Crippen LogP contribution is -2.29. The van der Waals surface area contributed by atoms with Gasteiger partial charge in [-0.25, -0.2) is 4.90 Å². The van der Waals surface area contributed by atoms with E-state index in [9.17, 15) is 18.0 Å². The summed E-state index contributed by atoms with van der Waals surface area (Å²) in [5, 5.41) is 0. The number of nitrogens with zero attached hydrogens (tertiary/aromatic N) is 1. The SMILES string of the molecule is CS(=O)(=O)Oc1cccc(N2C(=O)c3ccccc3C2=O)c1. The van der Waals surface area contributed by atoms with Crippen molar-refractivity contribution in [1.29, 1.82) is 0 Å². The van der Waals surface area contributed by atoms with Crippen LogP contribution in [0.15, 0.2) is 48.5 Å². The molecule has 3 rings (SSSR count). The third-order valence-electron chi connectivity index (χ3n) is 3.12.